The van der Waals surface area contributed by atoms with E-state index in [0.29, 0.717) is 17.9 Å². The van der Waals surface area contributed by atoms with Gasteiger partial charge in [0.1, 0.15) is 5.78 Å². The van der Waals surface area contributed by atoms with Gasteiger partial charge in [0, 0.05) is 17.9 Å². The van der Waals surface area contributed by atoms with Crippen LogP contribution in [0.3, 0.4) is 0 Å². The lowest BCUT2D eigenvalue weighted by Gasteiger charge is -2.19. The Labute approximate surface area is 132 Å². The molecule has 2 aromatic carbocycles. The van der Waals surface area contributed by atoms with Gasteiger partial charge in [0.25, 0.3) is 0 Å². The zero-order chi connectivity index (χ0) is 15.5. The molecule has 0 saturated heterocycles. The summed E-state index contributed by atoms with van der Waals surface area (Å²) in [5, 5.41) is 0.676. The van der Waals surface area contributed by atoms with Crippen LogP contribution in [0.2, 0.25) is 5.02 Å². The maximum absolute atomic E-state index is 12.1. The summed E-state index contributed by atoms with van der Waals surface area (Å²) < 4.78 is 0. The Balaban J connectivity index is 2.00. The van der Waals surface area contributed by atoms with E-state index in [1.165, 1.54) is 5.56 Å². The molecule has 0 bridgehead atoms. The van der Waals surface area contributed by atoms with Crippen LogP contribution in [0.1, 0.15) is 37.5 Å². The fourth-order valence-corrected chi connectivity index (χ4v) is 2.50. The van der Waals surface area contributed by atoms with Crippen LogP contribution in [0, 0.1) is 0 Å². The maximum atomic E-state index is 12.1. The molecule has 1 nitrogen and oxygen atoms in total. The summed E-state index contributed by atoms with van der Waals surface area (Å²) in [6.45, 7) is 6.56. The molecule has 0 heterocycles. The Kier molecular flexibility index (Phi) is 4.84. The summed E-state index contributed by atoms with van der Waals surface area (Å²) in [5.74, 6) is 0.209. The van der Waals surface area contributed by atoms with Crippen LogP contribution in [0.4, 0.5) is 0 Å². The lowest BCUT2D eigenvalue weighted by molar-refractivity contribution is -0.117. The largest absolute Gasteiger partial charge is 0.299 e. The second-order valence-corrected chi connectivity index (χ2v) is 6.91. The second-order valence-electron chi connectivity index (χ2n) is 6.47. The second kappa shape index (κ2) is 6.44. The number of Topliss-reactive ketones (excluding diaryl/α,β-unsaturated/α-hetero) is 1. The van der Waals surface area contributed by atoms with E-state index in [0.717, 1.165) is 11.1 Å². The standard InChI is InChI=1S/C19H21ClO/c1-19(2,3)16-9-7-14(8-10-16)12-18(21)13-15-5-4-6-17(20)11-15/h4-11H,12-13H2,1-3H3. The minimum absolute atomic E-state index is 0.142. The number of hydrogen-bond donors (Lipinski definition) is 0. The van der Waals surface area contributed by atoms with E-state index in [2.05, 4.69) is 45.0 Å². The number of carbonyl (C=O) groups is 1. The fraction of sp³-hybridized carbons (Fsp3) is 0.316. The van der Waals surface area contributed by atoms with Crippen molar-refractivity contribution in [1.29, 1.82) is 0 Å². The van der Waals surface area contributed by atoms with E-state index in [4.69, 9.17) is 11.6 Å². The highest BCUT2D eigenvalue weighted by molar-refractivity contribution is 6.30. The highest BCUT2D eigenvalue weighted by Crippen LogP contribution is 2.22. The van der Waals surface area contributed by atoms with Crippen molar-refractivity contribution in [2.24, 2.45) is 0 Å². The molecule has 0 spiro atoms. The van der Waals surface area contributed by atoms with Crippen molar-refractivity contribution in [2.45, 2.75) is 39.0 Å². The molecule has 0 amide bonds. The predicted molar refractivity (Wildman–Crippen MR) is 89.0 cm³/mol. The van der Waals surface area contributed by atoms with E-state index in [9.17, 15) is 4.79 Å². The number of halogens is 1. The number of carbonyl (C=O) groups excluding carboxylic acids is 1. The zero-order valence-electron chi connectivity index (χ0n) is 12.8. The van der Waals surface area contributed by atoms with Gasteiger partial charge in [-0.15, -0.1) is 0 Å². The van der Waals surface area contributed by atoms with Crippen molar-refractivity contribution < 1.29 is 4.79 Å². The average molecular weight is 301 g/mol. The molecular formula is C19H21ClO. The Hall–Kier alpha value is -1.60. The normalized spacial score (nSPS) is 11.4. The van der Waals surface area contributed by atoms with Gasteiger partial charge in [0.05, 0.1) is 0 Å². The summed E-state index contributed by atoms with van der Waals surface area (Å²) in [7, 11) is 0. The molecule has 2 rings (SSSR count). The van der Waals surface area contributed by atoms with Gasteiger partial charge in [-0.2, -0.15) is 0 Å². The first-order valence-corrected chi connectivity index (χ1v) is 7.58. The summed E-state index contributed by atoms with van der Waals surface area (Å²) >= 11 is 5.94. The first-order valence-electron chi connectivity index (χ1n) is 7.20. The molecule has 0 aliphatic carbocycles. The molecule has 21 heavy (non-hydrogen) atoms. The highest BCUT2D eigenvalue weighted by Gasteiger charge is 2.13. The molecule has 0 N–H and O–H groups in total. The van der Waals surface area contributed by atoms with Crippen molar-refractivity contribution in [3.05, 3.63) is 70.2 Å². The van der Waals surface area contributed by atoms with Crippen molar-refractivity contribution in [2.75, 3.05) is 0 Å². The van der Waals surface area contributed by atoms with Gasteiger partial charge in [0.2, 0.25) is 0 Å². The third kappa shape index (κ3) is 4.71. The Morgan fingerprint density at radius 3 is 2.14 bits per heavy atom. The van der Waals surface area contributed by atoms with Gasteiger partial charge >= 0.3 is 0 Å². The number of hydrogen-bond acceptors (Lipinski definition) is 1. The Bertz CT molecular complexity index is 621. The molecule has 0 unspecified atom stereocenters. The molecule has 0 saturated carbocycles. The fourth-order valence-electron chi connectivity index (χ4n) is 2.29. The molecular weight excluding hydrogens is 280 g/mol. The van der Waals surface area contributed by atoms with Gasteiger partial charge in [-0.25, -0.2) is 0 Å². The lowest BCUT2D eigenvalue weighted by Crippen LogP contribution is -2.11. The highest BCUT2D eigenvalue weighted by atomic mass is 35.5. The van der Waals surface area contributed by atoms with Crippen LogP contribution in [0.15, 0.2) is 48.5 Å². The monoisotopic (exact) mass is 300 g/mol. The molecule has 0 atom stereocenters. The van der Waals surface area contributed by atoms with E-state index in [1.807, 2.05) is 24.3 Å². The van der Waals surface area contributed by atoms with Crippen molar-refractivity contribution in [3.63, 3.8) is 0 Å². The van der Waals surface area contributed by atoms with Gasteiger partial charge in [-0.1, -0.05) is 68.8 Å². The number of rotatable bonds is 4. The van der Waals surface area contributed by atoms with Crippen LogP contribution in [0.25, 0.3) is 0 Å². The molecule has 0 radical (unpaired) electrons. The Morgan fingerprint density at radius 2 is 1.57 bits per heavy atom. The van der Waals surface area contributed by atoms with Crippen molar-refractivity contribution >= 4 is 17.4 Å². The topological polar surface area (TPSA) is 17.1 Å². The van der Waals surface area contributed by atoms with Crippen LogP contribution in [-0.4, -0.2) is 5.78 Å². The van der Waals surface area contributed by atoms with E-state index in [-0.39, 0.29) is 11.2 Å². The van der Waals surface area contributed by atoms with E-state index < -0.39 is 0 Å². The number of ketones is 1. The molecule has 0 aliphatic rings. The summed E-state index contributed by atoms with van der Waals surface area (Å²) in [4.78, 5) is 12.1. The van der Waals surface area contributed by atoms with E-state index >= 15 is 0 Å². The first kappa shape index (κ1) is 15.8. The van der Waals surface area contributed by atoms with Gasteiger partial charge in [0.15, 0.2) is 0 Å². The zero-order valence-corrected chi connectivity index (χ0v) is 13.6. The lowest BCUT2D eigenvalue weighted by atomic mass is 9.86. The maximum Gasteiger partial charge on any atom is 0.141 e. The quantitative estimate of drug-likeness (QED) is 0.777. The molecule has 2 aromatic rings. The van der Waals surface area contributed by atoms with Gasteiger partial charge in [-0.05, 0) is 34.2 Å². The first-order chi connectivity index (χ1) is 9.84. The molecule has 0 aromatic heterocycles. The van der Waals surface area contributed by atoms with Crippen LogP contribution < -0.4 is 0 Å². The Morgan fingerprint density at radius 1 is 0.952 bits per heavy atom. The smallest absolute Gasteiger partial charge is 0.141 e. The third-order valence-corrected chi connectivity index (χ3v) is 3.75. The minimum atomic E-state index is 0.142. The minimum Gasteiger partial charge on any atom is -0.299 e. The van der Waals surface area contributed by atoms with Crippen molar-refractivity contribution in [1.82, 2.24) is 0 Å². The summed E-state index contributed by atoms with van der Waals surface area (Å²) in [5.41, 5.74) is 3.46. The molecule has 0 aliphatic heterocycles. The van der Waals surface area contributed by atoms with E-state index in [1.54, 1.807) is 0 Å². The van der Waals surface area contributed by atoms with Crippen molar-refractivity contribution in [3.8, 4) is 0 Å². The molecule has 2 heteroatoms. The predicted octanol–water partition coefficient (Wildman–Crippen LogP) is 4.99. The third-order valence-electron chi connectivity index (χ3n) is 3.51. The average Bonchev–Trinajstić information content (AvgIpc) is 2.38. The van der Waals surface area contributed by atoms with Gasteiger partial charge < -0.3 is 0 Å². The van der Waals surface area contributed by atoms with Crippen LogP contribution >= 0.6 is 11.6 Å². The van der Waals surface area contributed by atoms with Crippen LogP contribution in [0.5, 0.6) is 0 Å². The SMILES string of the molecule is CC(C)(C)c1ccc(CC(=O)Cc2cccc(Cl)c2)cc1. The van der Waals surface area contributed by atoms with Crippen LogP contribution in [-0.2, 0) is 23.1 Å². The summed E-state index contributed by atoms with van der Waals surface area (Å²) in [6.07, 6.45) is 0.901. The number of benzene rings is 2. The summed E-state index contributed by atoms with van der Waals surface area (Å²) in [6, 6.07) is 15.8. The molecule has 0 fully saturated rings. The van der Waals surface area contributed by atoms with Gasteiger partial charge in [-0.3, -0.25) is 4.79 Å². The molecule has 110 valence electrons.